The molecule has 0 fully saturated rings. The van der Waals surface area contributed by atoms with Crippen LogP contribution in [0.1, 0.15) is 56.5 Å². The summed E-state index contributed by atoms with van der Waals surface area (Å²) in [5, 5.41) is 16.4. The minimum absolute atomic E-state index is 0.759. The van der Waals surface area contributed by atoms with Crippen molar-refractivity contribution >= 4 is 64.6 Å². The van der Waals surface area contributed by atoms with Crippen LogP contribution in [0.25, 0.3) is 64.6 Å². The van der Waals surface area contributed by atoms with Gasteiger partial charge in [0.05, 0.1) is 5.69 Å². The molecule has 0 aliphatic rings. The Morgan fingerprint density at radius 1 is 0.222 bits per heavy atom. The highest BCUT2D eigenvalue weighted by Gasteiger charge is 2.10. The van der Waals surface area contributed by atoms with Crippen molar-refractivity contribution in [2.24, 2.45) is 0 Å². The summed E-state index contributed by atoms with van der Waals surface area (Å²) < 4.78 is 0. The molecule has 0 unspecified atom stereocenters. The van der Waals surface area contributed by atoms with Crippen molar-refractivity contribution in [1.82, 2.24) is 69.8 Å². The third-order valence-corrected chi connectivity index (χ3v) is 13.2. The van der Waals surface area contributed by atoms with Crippen LogP contribution in [0.3, 0.4) is 0 Å². The van der Waals surface area contributed by atoms with E-state index in [-0.39, 0.29) is 0 Å². The predicted octanol–water partition coefficient (Wildman–Crippen LogP) is 17.3. The highest BCUT2D eigenvalue weighted by molar-refractivity contribution is 6.24. The van der Waals surface area contributed by atoms with Crippen molar-refractivity contribution in [2.75, 3.05) is 0 Å². The Kier molecular flexibility index (Phi) is 26.4. The average Bonchev–Trinajstić information content (AvgIpc) is 0.768. The first-order chi connectivity index (χ1) is 43.8. The molecule has 0 aliphatic heterocycles. The third kappa shape index (κ3) is 21.8. The number of nitrogens with zero attached hydrogens (tertiary/aromatic N) is 14. The molecule has 0 bridgehead atoms. The minimum atomic E-state index is 0.759. The Morgan fingerprint density at radius 2 is 0.722 bits per heavy atom. The zero-order chi connectivity index (χ0) is 63.7. The van der Waals surface area contributed by atoms with E-state index in [0.717, 1.165) is 34.3 Å². The van der Waals surface area contributed by atoms with Gasteiger partial charge in [0.15, 0.2) is 0 Å². The standard InChI is InChI=1S/2C17H12.3C6H7N.4C5H6N2.C4H5N3/c1-11-10-14-6-2-4-12-8-9-13-5-3-7-15(11)17(13)16(12)14;1-11-9-14-7-5-12-3-2-4-13-6-8-15(10-11)17(14)16(12)13;1-6-2-4-7-5-3-6;1-6-3-2-4-7-5-6;1-6-4-2-3-5-7-6;1-5-2-6-4-7-3-5;1-5-4-6-2-3-7-5;1-5-2-3-6-4-7-5;1-5-6-3-2-4-7-5;1-4-6-2-5-3-7-4/h2*2-10H,1H3;3*2-5H,1H3;4*2-4H,1H3;2-3H,1H3. The number of rotatable bonds is 0. The Labute approximate surface area is 527 Å². The Morgan fingerprint density at radius 3 is 1.12 bits per heavy atom. The highest BCUT2D eigenvalue weighted by Crippen LogP contribution is 2.37. The number of hydrogen-bond donors (Lipinski definition) is 0. The van der Waals surface area contributed by atoms with E-state index >= 15 is 0 Å². The van der Waals surface area contributed by atoms with Gasteiger partial charge < -0.3 is 0 Å². The molecule has 8 aromatic heterocycles. The molecule has 0 atom stereocenters. The van der Waals surface area contributed by atoms with Crippen LogP contribution >= 0.6 is 0 Å². The van der Waals surface area contributed by atoms with Gasteiger partial charge in [-0.1, -0.05) is 121 Å². The monoisotopic (exact) mass is 1180 g/mol. The van der Waals surface area contributed by atoms with E-state index in [9.17, 15) is 0 Å². The van der Waals surface area contributed by atoms with Crippen molar-refractivity contribution in [3.05, 3.63) is 326 Å². The van der Waals surface area contributed by atoms with Gasteiger partial charge in [0, 0.05) is 91.9 Å². The molecule has 0 aliphatic carbocycles. The maximum Gasteiger partial charge on any atom is 0.128 e. The second kappa shape index (κ2) is 35.9. The summed E-state index contributed by atoms with van der Waals surface area (Å²) >= 11 is 0. The van der Waals surface area contributed by atoms with Crippen LogP contribution in [-0.4, -0.2) is 69.8 Å². The fraction of sp³-hybridized carbons (Fsp3) is 0.132. The zero-order valence-corrected chi connectivity index (χ0v) is 52.7. The van der Waals surface area contributed by atoms with Crippen molar-refractivity contribution in [1.29, 1.82) is 0 Å². The van der Waals surface area contributed by atoms with Gasteiger partial charge in [0.25, 0.3) is 0 Å². The molecule has 0 saturated carbocycles. The quantitative estimate of drug-likeness (QED) is 0.131. The molecule has 8 aromatic carbocycles. The van der Waals surface area contributed by atoms with Gasteiger partial charge in [-0.05, 0) is 204 Å². The first kappa shape index (κ1) is 66.2. The summed E-state index contributed by atoms with van der Waals surface area (Å²) in [4.78, 5) is 53.5. The molecule has 14 nitrogen and oxygen atoms in total. The number of benzene rings is 8. The van der Waals surface area contributed by atoms with Crippen molar-refractivity contribution < 1.29 is 0 Å². The van der Waals surface area contributed by atoms with Gasteiger partial charge in [-0.25, -0.2) is 44.9 Å². The summed E-state index contributed by atoms with van der Waals surface area (Å²) in [7, 11) is 0. The van der Waals surface area contributed by atoms with Gasteiger partial charge in [-0.15, -0.1) is 0 Å². The summed E-state index contributed by atoms with van der Waals surface area (Å²) in [6, 6.07) is 57.3. The number of hydrogen-bond acceptors (Lipinski definition) is 14. The van der Waals surface area contributed by atoms with Crippen LogP contribution in [0.2, 0.25) is 0 Å². The third-order valence-electron chi connectivity index (χ3n) is 13.2. The summed E-state index contributed by atoms with van der Waals surface area (Å²) in [5.41, 5.74) is 9.30. The van der Waals surface area contributed by atoms with E-state index in [4.69, 9.17) is 0 Å². The maximum atomic E-state index is 3.98. The second-order valence-electron chi connectivity index (χ2n) is 20.7. The molecular weight excluding hydrogens is 1110 g/mol. The van der Waals surface area contributed by atoms with E-state index in [0.29, 0.717) is 0 Å². The van der Waals surface area contributed by atoms with Crippen LogP contribution in [0.4, 0.5) is 0 Å². The van der Waals surface area contributed by atoms with E-state index < -0.39 is 0 Å². The Hall–Kier alpha value is -11.4. The van der Waals surface area contributed by atoms with Gasteiger partial charge in [0.1, 0.15) is 37.0 Å². The first-order valence-electron chi connectivity index (χ1n) is 29.2. The van der Waals surface area contributed by atoms with Crippen molar-refractivity contribution in [2.45, 2.75) is 69.2 Å². The maximum absolute atomic E-state index is 3.98. The lowest BCUT2D eigenvalue weighted by atomic mass is 9.92. The smallest absolute Gasteiger partial charge is 0.128 e. The molecule has 0 N–H and O–H groups in total. The number of pyridine rings is 3. The highest BCUT2D eigenvalue weighted by atomic mass is 15.0. The lowest BCUT2D eigenvalue weighted by molar-refractivity contribution is 0.974. The van der Waals surface area contributed by atoms with Crippen LogP contribution < -0.4 is 0 Å². The van der Waals surface area contributed by atoms with Crippen molar-refractivity contribution in [3.8, 4) is 0 Å². The van der Waals surface area contributed by atoms with Gasteiger partial charge >= 0.3 is 0 Å². The molecule has 14 heteroatoms. The largest absolute Gasteiger partial charge is 0.265 e. The SMILES string of the molecule is Cc1cc2ccc3cccc4ccc(c1)c2c34.Cc1cc2cccc3ccc4cccc1c4c32.Cc1ccccn1.Cc1cccnc1.Cc1ccncc1.Cc1ccncn1.Cc1cnccn1.Cc1cncnc1.Cc1ncccn1.Cc1ncncn1. The number of aromatic nitrogens is 14. The van der Waals surface area contributed by atoms with Crippen LogP contribution in [0.15, 0.2) is 270 Å². The lowest BCUT2D eigenvalue weighted by Crippen LogP contribution is -1.85. The first-order valence-corrected chi connectivity index (χ1v) is 29.2. The van der Waals surface area contributed by atoms with E-state index in [1.54, 1.807) is 80.4 Å². The average molecular weight is 1180 g/mol. The van der Waals surface area contributed by atoms with E-state index in [1.165, 1.54) is 112 Å². The molecule has 448 valence electrons. The molecule has 16 aromatic rings. The zero-order valence-electron chi connectivity index (χ0n) is 52.7. The molecule has 8 heterocycles. The van der Waals surface area contributed by atoms with E-state index in [2.05, 4.69) is 193 Å². The number of aryl methyl sites for hydroxylation is 10. The molecule has 0 spiro atoms. The Bertz CT molecular complexity index is 4050. The minimum Gasteiger partial charge on any atom is -0.265 e. The molecule has 0 saturated heterocycles. The molecule has 90 heavy (non-hydrogen) atoms. The van der Waals surface area contributed by atoms with Crippen LogP contribution in [0, 0.1) is 69.2 Å². The fourth-order valence-electron chi connectivity index (χ4n) is 8.95. The summed E-state index contributed by atoms with van der Waals surface area (Å²) in [5.74, 6) is 1.58. The van der Waals surface area contributed by atoms with Gasteiger partial charge in [-0.3, -0.25) is 24.9 Å². The van der Waals surface area contributed by atoms with Gasteiger partial charge in [0.2, 0.25) is 0 Å². The summed E-state index contributed by atoms with van der Waals surface area (Å²) in [6.07, 6.45) is 28.7. The molecule has 16 rings (SSSR count). The normalized spacial score (nSPS) is 9.89. The Balaban J connectivity index is 0.000000147. The second-order valence-corrected chi connectivity index (χ2v) is 20.7. The molecule has 0 radical (unpaired) electrons. The van der Waals surface area contributed by atoms with Crippen molar-refractivity contribution in [3.63, 3.8) is 0 Å². The lowest BCUT2D eigenvalue weighted by Gasteiger charge is -2.12. The van der Waals surface area contributed by atoms with E-state index in [1.807, 2.05) is 110 Å². The fourth-order valence-corrected chi connectivity index (χ4v) is 8.95. The summed E-state index contributed by atoms with van der Waals surface area (Å²) in [6.45, 7) is 19.9. The molecular formula is C76H74N14. The predicted molar refractivity (Wildman–Crippen MR) is 368 cm³/mol. The van der Waals surface area contributed by atoms with Gasteiger partial charge in [-0.2, -0.15) is 0 Å². The topological polar surface area (TPSA) is 180 Å². The van der Waals surface area contributed by atoms with Crippen LogP contribution in [-0.2, 0) is 0 Å². The molecule has 0 amide bonds. The van der Waals surface area contributed by atoms with Crippen LogP contribution in [0.5, 0.6) is 0 Å².